The number of hydrogen-bond acceptors (Lipinski definition) is 2. The van der Waals surface area contributed by atoms with Gasteiger partial charge in [-0.1, -0.05) is 40.2 Å². The Balaban J connectivity index is 2.16. The molecule has 1 unspecified atom stereocenters. The fraction of sp³-hybridized carbons (Fsp3) is 0.125. The van der Waals surface area contributed by atoms with Crippen LogP contribution in [-0.2, 0) is 0 Å². The van der Waals surface area contributed by atoms with Crippen LogP contribution in [0, 0.1) is 5.82 Å². The van der Waals surface area contributed by atoms with Gasteiger partial charge in [0.2, 0.25) is 0 Å². The molecule has 0 saturated carbocycles. The van der Waals surface area contributed by atoms with Gasteiger partial charge in [-0.3, -0.25) is 0 Å². The number of benzene rings is 2. The Morgan fingerprint density at radius 1 is 1.15 bits per heavy atom. The third kappa shape index (κ3) is 2.39. The molecule has 0 aliphatic rings. The summed E-state index contributed by atoms with van der Waals surface area (Å²) < 4.78 is 15.3. The van der Waals surface area contributed by atoms with Crippen molar-refractivity contribution in [1.82, 2.24) is 5.32 Å². The Hall–Kier alpha value is -1.23. The topological polar surface area (TPSA) is 12.0 Å². The second-order valence-corrected chi connectivity index (χ2v) is 6.34. The molecule has 20 heavy (non-hydrogen) atoms. The fourth-order valence-corrected chi connectivity index (χ4v) is 3.98. The lowest BCUT2D eigenvalue weighted by Crippen LogP contribution is -2.18. The molecule has 0 saturated heterocycles. The Morgan fingerprint density at radius 2 is 2.00 bits per heavy atom. The Labute approximate surface area is 129 Å². The second kappa shape index (κ2) is 5.64. The van der Waals surface area contributed by atoms with E-state index in [2.05, 4.69) is 50.9 Å². The minimum absolute atomic E-state index is 0.0346. The first-order valence-electron chi connectivity index (χ1n) is 6.29. The van der Waals surface area contributed by atoms with Gasteiger partial charge in [-0.2, -0.15) is 0 Å². The number of hydrogen-bond donors (Lipinski definition) is 1. The predicted molar refractivity (Wildman–Crippen MR) is 86.8 cm³/mol. The van der Waals surface area contributed by atoms with Gasteiger partial charge in [0.25, 0.3) is 0 Å². The van der Waals surface area contributed by atoms with E-state index in [4.69, 9.17) is 0 Å². The largest absolute Gasteiger partial charge is 0.309 e. The van der Waals surface area contributed by atoms with Gasteiger partial charge in [0.1, 0.15) is 5.82 Å². The van der Waals surface area contributed by atoms with Crippen LogP contribution in [0.4, 0.5) is 4.39 Å². The normalized spacial score (nSPS) is 12.8. The molecule has 102 valence electrons. The molecule has 0 amide bonds. The summed E-state index contributed by atoms with van der Waals surface area (Å²) in [6.07, 6.45) is 0. The van der Waals surface area contributed by atoms with E-state index in [1.165, 1.54) is 27.8 Å². The van der Waals surface area contributed by atoms with Gasteiger partial charge >= 0.3 is 0 Å². The zero-order chi connectivity index (χ0) is 14.1. The number of fused-ring (bicyclic) bond motifs is 1. The summed E-state index contributed by atoms with van der Waals surface area (Å²) in [5.74, 6) is -0.232. The summed E-state index contributed by atoms with van der Waals surface area (Å²) in [5, 5.41) is 6.67. The van der Waals surface area contributed by atoms with Gasteiger partial charge in [0.15, 0.2) is 0 Å². The maximum absolute atomic E-state index is 13.3. The van der Waals surface area contributed by atoms with Gasteiger partial charge in [-0.05, 0) is 47.1 Å². The highest BCUT2D eigenvalue weighted by Crippen LogP contribution is 2.35. The molecule has 0 spiro atoms. The number of halogens is 2. The number of thiophene rings is 1. The molecule has 2 aromatic carbocycles. The van der Waals surface area contributed by atoms with Crippen molar-refractivity contribution in [3.8, 4) is 0 Å². The van der Waals surface area contributed by atoms with Crippen LogP contribution in [0.1, 0.15) is 17.2 Å². The first-order chi connectivity index (χ1) is 9.70. The van der Waals surface area contributed by atoms with Crippen molar-refractivity contribution in [2.45, 2.75) is 6.04 Å². The van der Waals surface area contributed by atoms with Crippen molar-refractivity contribution < 1.29 is 4.39 Å². The van der Waals surface area contributed by atoms with Crippen LogP contribution < -0.4 is 5.32 Å². The van der Waals surface area contributed by atoms with Crippen molar-refractivity contribution in [3.05, 3.63) is 69.3 Å². The molecule has 0 radical (unpaired) electrons. The maximum Gasteiger partial charge on any atom is 0.124 e. The van der Waals surface area contributed by atoms with E-state index in [1.54, 1.807) is 11.3 Å². The number of rotatable bonds is 3. The molecule has 0 aliphatic carbocycles. The molecule has 4 heteroatoms. The van der Waals surface area contributed by atoms with E-state index in [0.717, 1.165) is 10.0 Å². The van der Waals surface area contributed by atoms with Crippen LogP contribution in [0.25, 0.3) is 10.1 Å². The van der Waals surface area contributed by atoms with E-state index in [-0.39, 0.29) is 11.9 Å². The van der Waals surface area contributed by atoms with E-state index in [0.29, 0.717) is 0 Å². The standard InChI is InChI=1S/C16H13BrFNS/c1-19-15(12-6-5-11(18)9-14(12)17)13-4-2-3-10-7-8-20-16(10)13/h2-9,15,19H,1H3. The van der Waals surface area contributed by atoms with Crippen molar-refractivity contribution >= 4 is 37.4 Å². The van der Waals surface area contributed by atoms with Crippen LogP contribution in [0.15, 0.2) is 52.3 Å². The summed E-state index contributed by atoms with van der Waals surface area (Å²) in [7, 11) is 1.92. The van der Waals surface area contributed by atoms with Gasteiger partial charge < -0.3 is 5.32 Å². The summed E-state index contributed by atoms with van der Waals surface area (Å²) in [4.78, 5) is 0. The molecule has 1 atom stereocenters. The Morgan fingerprint density at radius 3 is 2.75 bits per heavy atom. The lowest BCUT2D eigenvalue weighted by atomic mass is 9.98. The Bertz CT molecular complexity index is 753. The zero-order valence-electron chi connectivity index (χ0n) is 10.9. The van der Waals surface area contributed by atoms with E-state index in [9.17, 15) is 4.39 Å². The van der Waals surface area contributed by atoms with Crippen LogP contribution in [-0.4, -0.2) is 7.05 Å². The molecule has 0 fully saturated rings. The van der Waals surface area contributed by atoms with Crippen molar-refractivity contribution in [3.63, 3.8) is 0 Å². The SMILES string of the molecule is CNC(c1ccc(F)cc1Br)c1cccc2ccsc12. The molecule has 0 bridgehead atoms. The maximum atomic E-state index is 13.3. The molecular formula is C16H13BrFNS. The van der Waals surface area contributed by atoms with E-state index >= 15 is 0 Å². The van der Waals surface area contributed by atoms with E-state index < -0.39 is 0 Å². The minimum Gasteiger partial charge on any atom is -0.309 e. The van der Waals surface area contributed by atoms with Crippen LogP contribution >= 0.6 is 27.3 Å². The highest BCUT2D eigenvalue weighted by atomic mass is 79.9. The summed E-state index contributed by atoms with van der Waals surface area (Å²) in [6, 6.07) is 13.3. The summed E-state index contributed by atoms with van der Waals surface area (Å²) in [5.41, 5.74) is 2.25. The Kier molecular flexibility index (Phi) is 3.87. The second-order valence-electron chi connectivity index (χ2n) is 4.57. The van der Waals surface area contributed by atoms with Gasteiger partial charge in [-0.15, -0.1) is 11.3 Å². The highest BCUT2D eigenvalue weighted by Gasteiger charge is 2.18. The predicted octanol–water partition coefficient (Wildman–Crippen LogP) is 5.11. The first-order valence-corrected chi connectivity index (χ1v) is 7.96. The third-order valence-electron chi connectivity index (χ3n) is 3.38. The molecule has 0 aliphatic heterocycles. The molecular weight excluding hydrogens is 337 g/mol. The van der Waals surface area contributed by atoms with Crippen molar-refractivity contribution in [2.24, 2.45) is 0 Å². The van der Waals surface area contributed by atoms with Crippen LogP contribution in [0.5, 0.6) is 0 Å². The monoisotopic (exact) mass is 349 g/mol. The van der Waals surface area contributed by atoms with Crippen LogP contribution in [0.3, 0.4) is 0 Å². The molecule has 1 N–H and O–H groups in total. The summed E-state index contributed by atoms with van der Waals surface area (Å²) in [6.45, 7) is 0. The average molecular weight is 350 g/mol. The smallest absolute Gasteiger partial charge is 0.124 e. The number of nitrogens with one attached hydrogen (secondary N) is 1. The molecule has 1 aromatic heterocycles. The minimum atomic E-state index is -0.232. The molecule has 3 aromatic rings. The van der Waals surface area contributed by atoms with E-state index in [1.807, 2.05) is 13.1 Å². The lowest BCUT2D eigenvalue weighted by molar-refractivity contribution is 0.622. The molecule has 3 rings (SSSR count). The molecule has 1 heterocycles. The van der Waals surface area contributed by atoms with Gasteiger partial charge in [0, 0.05) is 9.17 Å². The third-order valence-corrected chi connectivity index (χ3v) is 5.05. The quantitative estimate of drug-likeness (QED) is 0.692. The van der Waals surface area contributed by atoms with Gasteiger partial charge in [0.05, 0.1) is 6.04 Å². The average Bonchev–Trinajstić information content (AvgIpc) is 2.91. The van der Waals surface area contributed by atoms with Crippen LogP contribution in [0.2, 0.25) is 0 Å². The zero-order valence-corrected chi connectivity index (χ0v) is 13.3. The van der Waals surface area contributed by atoms with Crippen molar-refractivity contribution in [2.75, 3.05) is 7.05 Å². The van der Waals surface area contributed by atoms with Gasteiger partial charge in [-0.25, -0.2) is 4.39 Å². The fourth-order valence-electron chi connectivity index (χ4n) is 2.46. The first kappa shape index (κ1) is 13.7. The lowest BCUT2D eigenvalue weighted by Gasteiger charge is -2.19. The summed E-state index contributed by atoms with van der Waals surface area (Å²) >= 11 is 5.20. The van der Waals surface area contributed by atoms with Crippen molar-refractivity contribution in [1.29, 1.82) is 0 Å². The highest BCUT2D eigenvalue weighted by molar-refractivity contribution is 9.10. The molecule has 1 nitrogen and oxygen atoms in total.